The van der Waals surface area contributed by atoms with Crippen LogP contribution in [0.25, 0.3) is 0 Å². The molecule has 1 amide bonds. The van der Waals surface area contributed by atoms with E-state index in [1.54, 1.807) is 12.1 Å². The summed E-state index contributed by atoms with van der Waals surface area (Å²) < 4.78 is 25.4. The lowest BCUT2D eigenvalue weighted by Crippen LogP contribution is -2.25. The zero-order chi connectivity index (χ0) is 17.6. The highest BCUT2D eigenvalue weighted by molar-refractivity contribution is 5.78. The molecule has 1 aliphatic heterocycles. The molecule has 2 aromatic rings. The summed E-state index contributed by atoms with van der Waals surface area (Å²) in [5, 5.41) is 2.85. The molecule has 0 fully saturated rings. The maximum Gasteiger partial charge on any atom is 0.263 e. The molecular formula is C20H20F2N2O. The third kappa shape index (κ3) is 4.66. The molecule has 0 aromatic heterocycles. The number of nitrogens with one attached hydrogen (secondary N) is 1. The van der Waals surface area contributed by atoms with Crippen LogP contribution in [-0.4, -0.2) is 19.0 Å². The van der Waals surface area contributed by atoms with E-state index in [1.165, 1.54) is 12.1 Å². The molecular weight excluding hydrogens is 322 g/mol. The Morgan fingerprint density at radius 1 is 1.04 bits per heavy atom. The van der Waals surface area contributed by atoms with Gasteiger partial charge in [0, 0.05) is 30.9 Å². The fourth-order valence-electron chi connectivity index (χ4n) is 2.84. The second-order valence-electron chi connectivity index (χ2n) is 6.05. The molecule has 0 saturated carbocycles. The Labute approximate surface area is 146 Å². The molecule has 5 heteroatoms. The van der Waals surface area contributed by atoms with E-state index in [1.807, 2.05) is 18.2 Å². The second-order valence-corrected chi connectivity index (χ2v) is 6.05. The maximum atomic E-state index is 12.7. The summed E-state index contributed by atoms with van der Waals surface area (Å²) in [6.45, 7) is 2.22. The summed E-state index contributed by atoms with van der Waals surface area (Å²) in [7, 11) is 0. The molecule has 3 nitrogen and oxygen atoms in total. The summed E-state index contributed by atoms with van der Waals surface area (Å²) in [5.41, 5.74) is 2.67. The molecule has 0 bridgehead atoms. The molecule has 0 saturated heterocycles. The van der Waals surface area contributed by atoms with E-state index in [2.05, 4.69) is 28.4 Å². The van der Waals surface area contributed by atoms with E-state index in [0.29, 0.717) is 12.1 Å². The first kappa shape index (κ1) is 17.1. The van der Waals surface area contributed by atoms with Gasteiger partial charge in [0.25, 0.3) is 6.43 Å². The van der Waals surface area contributed by atoms with Gasteiger partial charge in [-0.25, -0.2) is 8.78 Å². The van der Waals surface area contributed by atoms with Gasteiger partial charge in [0.15, 0.2) is 0 Å². The lowest BCUT2D eigenvalue weighted by molar-refractivity contribution is -0.120. The Morgan fingerprint density at radius 3 is 2.52 bits per heavy atom. The number of nitrogens with zero attached hydrogens (tertiary/aromatic N) is 1. The average Bonchev–Trinajstić information content (AvgIpc) is 3.15. The van der Waals surface area contributed by atoms with Gasteiger partial charge in [0.2, 0.25) is 5.91 Å². The largest absolute Gasteiger partial charge is 0.364 e. The van der Waals surface area contributed by atoms with E-state index >= 15 is 0 Å². The van der Waals surface area contributed by atoms with E-state index in [9.17, 15) is 13.6 Å². The van der Waals surface area contributed by atoms with Crippen LogP contribution >= 0.6 is 0 Å². The Morgan fingerprint density at radius 2 is 1.76 bits per heavy atom. The van der Waals surface area contributed by atoms with Crippen molar-refractivity contribution in [3.05, 3.63) is 77.4 Å². The average molecular weight is 342 g/mol. The Hall–Kier alpha value is -2.69. The number of halogens is 2. The lowest BCUT2D eigenvalue weighted by Gasteiger charge is -2.18. The van der Waals surface area contributed by atoms with Crippen LogP contribution in [0.3, 0.4) is 0 Å². The Balaban J connectivity index is 1.55. The molecule has 0 atom stereocenters. The summed E-state index contributed by atoms with van der Waals surface area (Å²) in [6, 6.07) is 14.0. The summed E-state index contributed by atoms with van der Waals surface area (Å²) in [6.07, 6.45) is 1.83. The highest BCUT2D eigenvalue weighted by atomic mass is 19.3. The van der Waals surface area contributed by atoms with Gasteiger partial charge < -0.3 is 10.2 Å². The number of amides is 1. The van der Waals surface area contributed by atoms with Crippen molar-refractivity contribution in [3.63, 3.8) is 0 Å². The van der Waals surface area contributed by atoms with Crippen LogP contribution in [-0.2, 0) is 17.8 Å². The van der Waals surface area contributed by atoms with E-state index in [0.717, 1.165) is 24.3 Å². The van der Waals surface area contributed by atoms with E-state index in [4.69, 9.17) is 0 Å². The van der Waals surface area contributed by atoms with E-state index in [-0.39, 0.29) is 17.9 Å². The summed E-state index contributed by atoms with van der Waals surface area (Å²) in [4.78, 5) is 14.3. The van der Waals surface area contributed by atoms with Gasteiger partial charge in [-0.3, -0.25) is 4.79 Å². The second kappa shape index (κ2) is 7.92. The van der Waals surface area contributed by atoms with Crippen molar-refractivity contribution in [2.24, 2.45) is 0 Å². The molecule has 3 rings (SSSR count). The molecule has 1 N–H and O–H groups in total. The van der Waals surface area contributed by atoms with Gasteiger partial charge >= 0.3 is 0 Å². The van der Waals surface area contributed by atoms with Crippen LogP contribution in [0.4, 0.5) is 14.5 Å². The Kier molecular flexibility index (Phi) is 5.43. The van der Waals surface area contributed by atoms with Crippen molar-refractivity contribution in [2.75, 3.05) is 18.0 Å². The van der Waals surface area contributed by atoms with Gasteiger partial charge in [-0.1, -0.05) is 42.5 Å². The first-order valence-corrected chi connectivity index (χ1v) is 8.24. The normalized spacial score (nSPS) is 13.5. The fraction of sp³-hybridized carbons (Fsp3) is 0.250. The van der Waals surface area contributed by atoms with Crippen LogP contribution in [0.15, 0.2) is 60.7 Å². The van der Waals surface area contributed by atoms with Gasteiger partial charge in [0.1, 0.15) is 0 Å². The number of rotatable bonds is 6. The monoisotopic (exact) mass is 342 g/mol. The fourth-order valence-corrected chi connectivity index (χ4v) is 2.84. The third-order valence-electron chi connectivity index (χ3n) is 4.15. The van der Waals surface area contributed by atoms with Crippen molar-refractivity contribution in [1.29, 1.82) is 0 Å². The number of hydrogen-bond donors (Lipinski definition) is 1. The molecule has 2 aromatic carbocycles. The molecule has 0 aliphatic carbocycles. The number of carbonyl (C=O) groups is 1. The van der Waals surface area contributed by atoms with Gasteiger partial charge in [-0.2, -0.15) is 0 Å². The first-order chi connectivity index (χ1) is 12.1. The van der Waals surface area contributed by atoms with Gasteiger partial charge in [-0.15, -0.1) is 0 Å². The van der Waals surface area contributed by atoms with Gasteiger partial charge in [0.05, 0.1) is 6.42 Å². The number of hydrogen-bond acceptors (Lipinski definition) is 2. The van der Waals surface area contributed by atoms with Crippen molar-refractivity contribution >= 4 is 11.6 Å². The van der Waals surface area contributed by atoms with Crippen molar-refractivity contribution in [3.8, 4) is 0 Å². The summed E-state index contributed by atoms with van der Waals surface area (Å²) in [5.74, 6) is -0.181. The number of alkyl halides is 2. The van der Waals surface area contributed by atoms with Crippen LogP contribution < -0.4 is 10.2 Å². The zero-order valence-electron chi connectivity index (χ0n) is 13.8. The van der Waals surface area contributed by atoms with Crippen LogP contribution in [0.1, 0.15) is 23.1 Å². The zero-order valence-corrected chi connectivity index (χ0v) is 13.8. The predicted molar refractivity (Wildman–Crippen MR) is 94.7 cm³/mol. The Bertz CT molecular complexity index is 766. The molecule has 0 unspecified atom stereocenters. The molecule has 0 spiro atoms. The van der Waals surface area contributed by atoms with Crippen molar-refractivity contribution in [2.45, 2.75) is 19.4 Å². The quantitative estimate of drug-likeness (QED) is 0.809. The van der Waals surface area contributed by atoms with E-state index < -0.39 is 6.43 Å². The van der Waals surface area contributed by atoms with Crippen LogP contribution in [0.2, 0.25) is 0 Å². The molecule has 1 aliphatic rings. The SMILES string of the molecule is O=C(Cc1cccc(C(F)F)c1)NCc1cccc(N2CC=CC2)c1. The predicted octanol–water partition coefficient (Wildman–Crippen LogP) is 3.86. The number of carbonyl (C=O) groups excluding carboxylic acids is 1. The minimum Gasteiger partial charge on any atom is -0.364 e. The molecule has 0 radical (unpaired) electrons. The third-order valence-corrected chi connectivity index (χ3v) is 4.15. The summed E-state index contributed by atoms with van der Waals surface area (Å²) >= 11 is 0. The number of anilines is 1. The standard InChI is InChI=1S/C20H20F2N2O/c21-20(22)17-7-3-5-15(11-17)13-19(25)23-14-16-6-4-8-18(12-16)24-9-1-2-10-24/h1-8,11-12,20H,9-10,13-14H2,(H,23,25). The molecule has 25 heavy (non-hydrogen) atoms. The highest BCUT2D eigenvalue weighted by Crippen LogP contribution is 2.20. The minimum absolute atomic E-state index is 0.0581. The topological polar surface area (TPSA) is 32.3 Å². The first-order valence-electron chi connectivity index (χ1n) is 8.24. The minimum atomic E-state index is -2.52. The lowest BCUT2D eigenvalue weighted by atomic mass is 10.1. The van der Waals surface area contributed by atoms with Crippen molar-refractivity contribution in [1.82, 2.24) is 5.32 Å². The van der Waals surface area contributed by atoms with Crippen molar-refractivity contribution < 1.29 is 13.6 Å². The highest BCUT2D eigenvalue weighted by Gasteiger charge is 2.10. The molecule has 130 valence electrons. The smallest absolute Gasteiger partial charge is 0.263 e. The van der Waals surface area contributed by atoms with Crippen LogP contribution in [0, 0.1) is 0 Å². The van der Waals surface area contributed by atoms with Gasteiger partial charge in [-0.05, 0) is 29.3 Å². The number of benzene rings is 2. The van der Waals surface area contributed by atoms with Crippen LogP contribution in [0.5, 0.6) is 0 Å². The maximum absolute atomic E-state index is 12.7. The molecule has 1 heterocycles.